The van der Waals surface area contributed by atoms with Crippen LogP contribution in [0.3, 0.4) is 0 Å². The summed E-state index contributed by atoms with van der Waals surface area (Å²) in [5, 5.41) is 0. The van der Waals surface area contributed by atoms with E-state index in [1.54, 1.807) is 24.3 Å². The van der Waals surface area contributed by atoms with E-state index in [0.717, 1.165) is 6.21 Å². The van der Waals surface area contributed by atoms with Crippen LogP contribution in [0, 0.1) is 0 Å². The zero-order valence-electron chi connectivity index (χ0n) is 9.66. The third-order valence-electron chi connectivity index (χ3n) is 2.38. The summed E-state index contributed by atoms with van der Waals surface area (Å²) in [6, 6.07) is 6.85. The lowest BCUT2D eigenvalue weighted by atomic mass is 10.3. The molecule has 18 heavy (non-hydrogen) atoms. The third-order valence-corrected chi connectivity index (χ3v) is 3.73. The summed E-state index contributed by atoms with van der Waals surface area (Å²) < 4.78 is 36.7. The molecule has 0 aliphatic carbocycles. The van der Waals surface area contributed by atoms with Gasteiger partial charge in [0.25, 0.3) is 10.0 Å². The number of ether oxygens (including phenoxy) is 2. The molecule has 0 radical (unpaired) electrons. The van der Waals surface area contributed by atoms with Crippen molar-refractivity contribution >= 4 is 16.2 Å². The van der Waals surface area contributed by atoms with Gasteiger partial charge in [0.2, 0.25) is 0 Å². The van der Waals surface area contributed by atoms with Crippen molar-refractivity contribution in [2.45, 2.75) is 0 Å². The van der Waals surface area contributed by atoms with Gasteiger partial charge in [-0.05, 0) is 12.1 Å². The van der Waals surface area contributed by atoms with Crippen molar-refractivity contribution in [1.82, 2.24) is 0 Å². The largest absolute Gasteiger partial charge is 0.497 e. The molecule has 0 unspecified atom stereocenters. The molecule has 2 rings (SSSR count). The monoisotopic (exact) mass is 268 g/mol. The summed E-state index contributed by atoms with van der Waals surface area (Å²) in [4.78, 5) is -0.0229. The fourth-order valence-corrected chi connectivity index (χ4v) is 2.35. The smallest absolute Gasteiger partial charge is 0.284 e. The van der Waals surface area contributed by atoms with E-state index in [1.807, 2.05) is 0 Å². The number of benzene rings is 1. The Hall–Kier alpha value is -2.02. The number of nitrogens with two attached hydrogens (primary N) is 1. The molecule has 96 valence electrons. The minimum Gasteiger partial charge on any atom is -0.497 e. The van der Waals surface area contributed by atoms with Crippen molar-refractivity contribution in [2.75, 3.05) is 13.7 Å². The van der Waals surface area contributed by atoms with Crippen LogP contribution in [0.4, 0.5) is 0 Å². The molecule has 1 aliphatic rings. The van der Waals surface area contributed by atoms with E-state index in [0.29, 0.717) is 11.5 Å². The second kappa shape index (κ2) is 4.69. The molecule has 0 saturated heterocycles. The Morgan fingerprint density at radius 1 is 1.33 bits per heavy atom. The van der Waals surface area contributed by atoms with Crippen LogP contribution in [0.1, 0.15) is 0 Å². The van der Waals surface area contributed by atoms with Gasteiger partial charge in [-0.1, -0.05) is 6.07 Å². The van der Waals surface area contributed by atoms with Gasteiger partial charge in [-0.2, -0.15) is 12.8 Å². The van der Waals surface area contributed by atoms with E-state index in [4.69, 9.17) is 15.2 Å². The summed E-state index contributed by atoms with van der Waals surface area (Å²) in [5.74, 6) is 1.12. The highest BCUT2D eigenvalue weighted by molar-refractivity contribution is 7.94. The van der Waals surface area contributed by atoms with Gasteiger partial charge in [-0.25, -0.2) is 0 Å². The third kappa shape index (κ3) is 2.45. The Morgan fingerprint density at radius 3 is 2.67 bits per heavy atom. The second-order valence-corrected chi connectivity index (χ2v) is 5.21. The molecule has 0 aromatic heterocycles. The normalized spacial score (nSPS) is 16.9. The van der Waals surface area contributed by atoms with Crippen LogP contribution in [-0.4, -0.2) is 28.3 Å². The lowest BCUT2D eigenvalue weighted by Gasteiger charge is -2.08. The maximum absolute atomic E-state index is 11.5. The van der Waals surface area contributed by atoms with Gasteiger partial charge < -0.3 is 15.2 Å². The second-order valence-electron chi connectivity index (χ2n) is 3.56. The Kier molecular flexibility index (Phi) is 3.24. The molecule has 1 heterocycles. The number of hydrogen-bond acceptors (Lipinski definition) is 5. The van der Waals surface area contributed by atoms with Gasteiger partial charge in [-0.3, -0.25) is 0 Å². The van der Waals surface area contributed by atoms with Crippen LogP contribution >= 0.6 is 0 Å². The van der Waals surface area contributed by atoms with Crippen LogP contribution in [0.25, 0.3) is 0 Å². The highest BCUT2D eigenvalue weighted by atomic mass is 32.2. The number of sulfonamides is 1. The maximum Gasteiger partial charge on any atom is 0.284 e. The standard InChI is InChI=1S/C11H12N2O4S/c1-16-8-3-2-4-9(5-8)17-7-11-10(12)6-13-18(11,14)15/h2-6H,7,12H2,1H3. The van der Waals surface area contributed by atoms with Gasteiger partial charge in [0, 0.05) is 6.07 Å². The number of hydrogen-bond donors (Lipinski definition) is 1. The molecule has 1 aromatic carbocycles. The Morgan fingerprint density at radius 2 is 2.06 bits per heavy atom. The molecule has 0 fully saturated rings. The minimum atomic E-state index is -3.65. The van der Waals surface area contributed by atoms with E-state index in [2.05, 4.69) is 4.40 Å². The number of nitrogens with zero attached hydrogens (tertiary/aromatic N) is 1. The predicted octanol–water partition coefficient (Wildman–Crippen LogP) is 0.659. The fourth-order valence-electron chi connectivity index (χ4n) is 1.41. The molecule has 0 amide bonds. The van der Waals surface area contributed by atoms with Crippen molar-refractivity contribution in [3.8, 4) is 11.5 Å². The highest BCUT2D eigenvalue weighted by Gasteiger charge is 2.25. The van der Waals surface area contributed by atoms with E-state index < -0.39 is 10.0 Å². The van der Waals surface area contributed by atoms with E-state index >= 15 is 0 Å². The number of rotatable bonds is 4. The molecular weight excluding hydrogens is 256 g/mol. The first kappa shape index (κ1) is 12.4. The Bertz CT molecular complexity index is 620. The topological polar surface area (TPSA) is 91.0 Å². The van der Waals surface area contributed by atoms with Crippen LogP contribution in [-0.2, 0) is 10.0 Å². The van der Waals surface area contributed by atoms with Gasteiger partial charge in [-0.15, -0.1) is 0 Å². The zero-order valence-corrected chi connectivity index (χ0v) is 10.5. The molecule has 6 nitrogen and oxygen atoms in total. The van der Waals surface area contributed by atoms with Crippen molar-refractivity contribution < 1.29 is 17.9 Å². The molecule has 1 aromatic rings. The number of allylic oxidation sites excluding steroid dienone is 1. The van der Waals surface area contributed by atoms with Gasteiger partial charge in [0.1, 0.15) is 23.0 Å². The summed E-state index contributed by atoms with van der Waals surface area (Å²) in [6.07, 6.45) is 1.11. The van der Waals surface area contributed by atoms with Crippen molar-refractivity contribution in [2.24, 2.45) is 10.1 Å². The first-order chi connectivity index (χ1) is 8.53. The first-order valence-electron chi connectivity index (χ1n) is 5.09. The lowest BCUT2D eigenvalue weighted by molar-refractivity contribution is 0.352. The average molecular weight is 268 g/mol. The average Bonchev–Trinajstić information content (AvgIpc) is 2.61. The summed E-state index contributed by atoms with van der Waals surface area (Å²) >= 11 is 0. The fraction of sp³-hybridized carbons (Fsp3) is 0.182. The Balaban J connectivity index is 2.11. The van der Waals surface area contributed by atoms with E-state index in [9.17, 15) is 8.42 Å². The SMILES string of the molecule is COc1cccc(OCC2=C(N)C=NS2(=O)=O)c1. The molecule has 1 aliphatic heterocycles. The molecule has 0 atom stereocenters. The molecular formula is C11H12N2O4S. The zero-order chi connectivity index (χ0) is 13.2. The minimum absolute atomic E-state index is 0.0229. The summed E-state index contributed by atoms with van der Waals surface area (Å²) in [6.45, 7) is -0.151. The van der Waals surface area contributed by atoms with Gasteiger partial charge >= 0.3 is 0 Å². The lowest BCUT2D eigenvalue weighted by Crippen LogP contribution is -2.12. The van der Waals surface area contributed by atoms with E-state index in [-0.39, 0.29) is 17.2 Å². The molecule has 0 saturated carbocycles. The molecule has 2 N–H and O–H groups in total. The van der Waals surface area contributed by atoms with Gasteiger partial charge in [0.15, 0.2) is 0 Å². The predicted molar refractivity (Wildman–Crippen MR) is 67.1 cm³/mol. The van der Waals surface area contributed by atoms with Crippen LogP contribution in [0.2, 0.25) is 0 Å². The van der Waals surface area contributed by atoms with Crippen LogP contribution < -0.4 is 15.2 Å². The molecule has 0 bridgehead atoms. The van der Waals surface area contributed by atoms with Crippen LogP contribution in [0.5, 0.6) is 11.5 Å². The summed E-state index contributed by atoms with van der Waals surface area (Å²) in [7, 11) is -2.12. The maximum atomic E-state index is 11.5. The quantitative estimate of drug-likeness (QED) is 0.866. The number of methoxy groups -OCH3 is 1. The molecule has 7 heteroatoms. The van der Waals surface area contributed by atoms with Crippen molar-refractivity contribution in [3.63, 3.8) is 0 Å². The van der Waals surface area contributed by atoms with Crippen molar-refractivity contribution in [3.05, 3.63) is 34.9 Å². The van der Waals surface area contributed by atoms with Gasteiger partial charge in [0.05, 0.1) is 19.0 Å². The van der Waals surface area contributed by atoms with Crippen molar-refractivity contribution in [1.29, 1.82) is 0 Å². The summed E-state index contributed by atoms with van der Waals surface area (Å²) in [5.41, 5.74) is 5.63. The van der Waals surface area contributed by atoms with Crippen LogP contribution in [0.15, 0.2) is 39.3 Å². The first-order valence-corrected chi connectivity index (χ1v) is 6.53. The highest BCUT2D eigenvalue weighted by Crippen LogP contribution is 2.22. The van der Waals surface area contributed by atoms with E-state index in [1.165, 1.54) is 7.11 Å². The Labute approximate surface area is 105 Å². The molecule has 0 spiro atoms.